The number of rotatable bonds is 9. The van der Waals surface area contributed by atoms with Crippen LogP contribution in [0.4, 0.5) is 20.4 Å². The first kappa shape index (κ1) is 25.9. The van der Waals surface area contributed by atoms with Gasteiger partial charge in [0.25, 0.3) is 0 Å². The minimum atomic E-state index is -0.643. The largest absolute Gasteiger partial charge is 0.363 e. The van der Waals surface area contributed by atoms with Gasteiger partial charge in [0.1, 0.15) is 23.7 Å². The lowest BCUT2D eigenvalue weighted by molar-refractivity contribution is 0.297. The Morgan fingerprint density at radius 2 is 2.06 bits per heavy atom. The number of halogens is 2. The summed E-state index contributed by atoms with van der Waals surface area (Å²) in [7, 11) is 0. The number of pyridine rings is 1. The monoisotopic (exact) mass is 483 g/mol. The molecule has 2 aromatic heterocycles. The molecule has 11 heteroatoms. The van der Waals surface area contributed by atoms with Crippen LogP contribution in [0.3, 0.4) is 0 Å². The average Bonchev–Trinajstić information content (AvgIpc) is 2.83. The van der Waals surface area contributed by atoms with Crippen LogP contribution in [-0.4, -0.2) is 45.4 Å². The molecular formula is C24H31F2N9. The molecule has 3 rings (SSSR count). The fourth-order valence-electron chi connectivity index (χ4n) is 3.70. The molecule has 186 valence electrons. The van der Waals surface area contributed by atoms with Crippen LogP contribution < -0.4 is 21.6 Å². The Bertz CT molecular complexity index is 1140. The Morgan fingerprint density at radius 1 is 1.26 bits per heavy atom. The summed E-state index contributed by atoms with van der Waals surface area (Å²) >= 11 is 0. The zero-order valence-electron chi connectivity index (χ0n) is 20.1. The highest BCUT2D eigenvalue weighted by molar-refractivity contribution is 5.84. The van der Waals surface area contributed by atoms with E-state index in [2.05, 4.69) is 31.9 Å². The van der Waals surface area contributed by atoms with E-state index >= 15 is 4.39 Å². The highest BCUT2D eigenvalue weighted by Crippen LogP contribution is 2.24. The first-order valence-electron chi connectivity index (χ1n) is 11.3. The normalized spacial score (nSPS) is 15.3. The third kappa shape index (κ3) is 6.46. The van der Waals surface area contributed by atoms with Gasteiger partial charge < -0.3 is 10.2 Å². The van der Waals surface area contributed by atoms with Crippen molar-refractivity contribution >= 4 is 23.0 Å². The molecule has 0 atom stereocenters. The van der Waals surface area contributed by atoms with Gasteiger partial charge in [0.2, 0.25) is 5.82 Å². The smallest absolute Gasteiger partial charge is 0.207 e. The summed E-state index contributed by atoms with van der Waals surface area (Å²) in [6.45, 7) is 6.96. The van der Waals surface area contributed by atoms with Crippen molar-refractivity contribution in [1.82, 2.24) is 25.5 Å². The van der Waals surface area contributed by atoms with Crippen LogP contribution in [0.15, 0.2) is 48.5 Å². The molecule has 1 fully saturated rings. The number of piperazine rings is 1. The fourth-order valence-corrected chi connectivity index (χ4v) is 3.70. The zero-order chi connectivity index (χ0) is 25.4. The van der Waals surface area contributed by atoms with Crippen LogP contribution >= 0.6 is 0 Å². The van der Waals surface area contributed by atoms with Crippen molar-refractivity contribution in [2.75, 3.05) is 29.9 Å². The molecular weight excluding hydrogens is 452 g/mol. The SMILES string of the molecule is C\C=C/C(=C\C(C)=C\CC)c1ncc(CNc2ncnc(N3CCN(NN)C(=N)C3)c2F)cc1F. The van der Waals surface area contributed by atoms with E-state index in [-0.39, 0.29) is 36.3 Å². The Morgan fingerprint density at radius 3 is 2.71 bits per heavy atom. The highest BCUT2D eigenvalue weighted by atomic mass is 19.1. The number of aromatic nitrogens is 3. The van der Waals surface area contributed by atoms with Gasteiger partial charge in [0.05, 0.1) is 13.1 Å². The summed E-state index contributed by atoms with van der Waals surface area (Å²) < 4.78 is 30.1. The van der Waals surface area contributed by atoms with Gasteiger partial charge in [-0.05, 0) is 31.9 Å². The van der Waals surface area contributed by atoms with E-state index in [0.29, 0.717) is 24.2 Å². The first-order valence-corrected chi connectivity index (χ1v) is 11.3. The molecule has 1 aliphatic rings. The predicted molar refractivity (Wildman–Crippen MR) is 134 cm³/mol. The van der Waals surface area contributed by atoms with Crippen molar-refractivity contribution in [1.29, 1.82) is 5.41 Å². The number of hydrazine groups is 2. The van der Waals surface area contributed by atoms with Gasteiger partial charge in [-0.3, -0.25) is 21.2 Å². The van der Waals surface area contributed by atoms with Gasteiger partial charge >= 0.3 is 0 Å². The Labute approximate surface area is 203 Å². The molecule has 0 aromatic carbocycles. The van der Waals surface area contributed by atoms with E-state index in [1.54, 1.807) is 11.1 Å². The van der Waals surface area contributed by atoms with Crippen molar-refractivity contribution in [3.05, 3.63) is 71.4 Å². The van der Waals surface area contributed by atoms with E-state index in [9.17, 15) is 4.39 Å². The summed E-state index contributed by atoms with van der Waals surface area (Å²) in [4.78, 5) is 14.0. The molecule has 0 radical (unpaired) electrons. The molecule has 0 saturated carbocycles. The number of hydrogen-bond donors (Lipinski definition) is 4. The second-order valence-electron chi connectivity index (χ2n) is 7.99. The lowest BCUT2D eigenvalue weighted by Crippen LogP contribution is -2.57. The summed E-state index contributed by atoms with van der Waals surface area (Å²) in [5.41, 5.74) is 4.91. The van der Waals surface area contributed by atoms with Crippen LogP contribution in [0.2, 0.25) is 0 Å². The van der Waals surface area contributed by atoms with E-state index < -0.39 is 11.6 Å². The lowest BCUT2D eigenvalue weighted by Gasteiger charge is -2.35. The molecule has 35 heavy (non-hydrogen) atoms. The average molecular weight is 484 g/mol. The number of anilines is 2. The lowest BCUT2D eigenvalue weighted by atomic mass is 10.1. The zero-order valence-corrected chi connectivity index (χ0v) is 20.1. The summed E-state index contributed by atoms with van der Waals surface area (Å²) in [5, 5.41) is 12.4. The maximum Gasteiger partial charge on any atom is 0.207 e. The number of nitrogens with one attached hydrogen (secondary N) is 3. The summed E-state index contributed by atoms with van der Waals surface area (Å²) in [6.07, 6.45) is 11.3. The van der Waals surface area contributed by atoms with E-state index in [4.69, 9.17) is 11.3 Å². The topological polar surface area (TPSA) is 119 Å². The Kier molecular flexibility index (Phi) is 8.98. The molecule has 0 bridgehead atoms. The van der Waals surface area contributed by atoms with Crippen LogP contribution in [-0.2, 0) is 6.54 Å². The van der Waals surface area contributed by atoms with Crippen LogP contribution in [0.5, 0.6) is 0 Å². The van der Waals surface area contributed by atoms with Gasteiger partial charge in [0.15, 0.2) is 11.6 Å². The molecule has 0 amide bonds. The second-order valence-corrected chi connectivity index (χ2v) is 7.99. The molecule has 2 aromatic rings. The first-order chi connectivity index (χ1) is 16.9. The Balaban J connectivity index is 1.75. The van der Waals surface area contributed by atoms with Crippen LogP contribution in [0, 0.1) is 17.0 Å². The summed E-state index contributed by atoms with van der Waals surface area (Å²) in [5.74, 6) is 4.53. The van der Waals surface area contributed by atoms with E-state index in [1.807, 2.05) is 39.0 Å². The number of allylic oxidation sites excluding steroid dienone is 6. The number of nitrogens with two attached hydrogens (primary N) is 1. The number of nitrogens with zero attached hydrogens (tertiary/aromatic N) is 5. The molecule has 0 aliphatic carbocycles. The maximum atomic E-state index is 15.1. The van der Waals surface area contributed by atoms with Gasteiger partial charge in [0, 0.05) is 24.9 Å². The molecule has 1 aliphatic heterocycles. The molecule has 0 spiro atoms. The standard InChI is InChI=1S/C24H31F2N9/c1-4-6-16(3)10-18(7-5-2)22-19(25)11-17(12-29-22)13-30-23-21(26)24(32-15-31-23)34-8-9-35(33-28)20(27)14-34/h5-7,10-12,15,27,33H,4,8-9,13-14,28H2,1-3H3,(H,30,31,32)/b7-5-,16-6+,18-10+,27-20?. The van der Waals surface area contributed by atoms with Crippen molar-refractivity contribution in [3.8, 4) is 0 Å². The Hall–Kier alpha value is -3.70. The van der Waals surface area contributed by atoms with Gasteiger partial charge in [-0.25, -0.2) is 14.4 Å². The molecule has 3 heterocycles. The van der Waals surface area contributed by atoms with Gasteiger partial charge in [-0.2, -0.15) is 9.93 Å². The number of hydrogen-bond acceptors (Lipinski definition) is 8. The fraction of sp³-hybridized carbons (Fsp3) is 0.333. The highest BCUT2D eigenvalue weighted by Gasteiger charge is 2.25. The number of amidine groups is 1. The van der Waals surface area contributed by atoms with E-state index in [0.717, 1.165) is 12.0 Å². The van der Waals surface area contributed by atoms with Gasteiger partial charge in [-0.1, -0.05) is 36.8 Å². The van der Waals surface area contributed by atoms with Crippen molar-refractivity contribution < 1.29 is 8.78 Å². The third-order valence-corrected chi connectivity index (χ3v) is 5.37. The minimum Gasteiger partial charge on any atom is -0.363 e. The molecule has 0 unspecified atom stereocenters. The second kappa shape index (κ2) is 12.1. The van der Waals surface area contributed by atoms with Crippen molar-refractivity contribution in [2.24, 2.45) is 5.84 Å². The summed E-state index contributed by atoms with van der Waals surface area (Å²) in [6, 6.07) is 1.38. The van der Waals surface area contributed by atoms with E-state index in [1.165, 1.54) is 17.4 Å². The van der Waals surface area contributed by atoms with Crippen LogP contribution in [0.25, 0.3) is 5.57 Å². The quantitative estimate of drug-likeness (QED) is 0.243. The predicted octanol–water partition coefficient (Wildman–Crippen LogP) is 3.56. The van der Waals surface area contributed by atoms with Crippen LogP contribution in [0.1, 0.15) is 38.4 Å². The van der Waals surface area contributed by atoms with Crippen molar-refractivity contribution in [2.45, 2.75) is 33.7 Å². The molecule has 5 N–H and O–H groups in total. The van der Waals surface area contributed by atoms with Gasteiger partial charge in [-0.15, -0.1) is 0 Å². The minimum absolute atomic E-state index is 0.0137. The third-order valence-electron chi connectivity index (χ3n) is 5.37. The maximum absolute atomic E-state index is 15.1. The molecule has 1 saturated heterocycles. The van der Waals surface area contributed by atoms with Crippen molar-refractivity contribution in [3.63, 3.8) is 0 Å². The molecule has 9 nitrogen and oxygen atoms in total.